The number of quaternary nitrogens is 1. The summed E-state index contributed by atoms with van der Waals surface area (Å²) in [5.74, 6) is -5.45. The Hall–Kier alpha value is -8.60. The fourth-order valence-corrected chi connectivity index (χ4v) is 18.4. The van der Waals surface area contributed by atoms with Gasteiger partial charge in [0, 0.05) is 48.1 Å². The first-order chi connectivity index (χ1) is 55.3. The zero-order chi connectivity index (χ0) is 83.9. The van der Waals surface area contributed by atoms with Crippen LogP contribution in [0.5, 0.6) is 17.2 Å². The molecule has 30 heteroatoms. The predicted molar refractivity (Wildman–Crippen MR) is 426 cm³/mol. The van der Waals surface area contributed by atoms with E-state index in [4.69, 9.17) is 37.5 Å². The summed E-state index contributed by atoms with van der Waals surface area (Å²) in [6, 6.07) is 26.0. The number of phosphoric acid groups is 1. The average Bonchev–Trinajstić information content (AvgIpc) is 1.25. The van der Waals surface area contributed by atoms with Gasteiger partial charge in [0.15, 0.2) is 11.7 Å². The Balaban J connectivity index is 0.907. The predicted octanol–water partition coefficient (Wildman–Crippen LogP) is 18.7. The van der Waals surface area contributed by atoms with Gasteiger partial charge in [-0.1, -0.05) is 229 Å². The van der Waals surface area contributed by atoms with Crippen molar-refractivity contribution in [1.82, 2.24) is 15.0 Å². The lowest BCUT2D eigenvalue weighted by atomic mass is 9.79. The highest BCUT2D eigenvalue weighted by Gasteiger charge is 2.56. The minimum Gasteiger partial charge on any atom is -0.756 e. The molecule has 0 saturated carbocycles. The maximum absolute atomic E-state index is 14.6. The Kier molecular flexibility index (Phi) is 35.9. The molecule has 0 aliphatic carbocycles. The number of rotatable bonds is 51. The van der Waals surface area contributed by atoms with Gasteiger partial charge < -0.3 is 46.8 Å². The number of alkyl halides is 6. The number of phosphoric ester groups is 1. The van der Waals surface area contributed by atoms with E-state index >= 15 is 0 Å². The standard InChI is InChI=1S/C86H112F6N5O17PSi/c1-7-9-11-13-15-17-19-21-23-25-27-29-31-33-79(100)107-60-70(110-80(101)34-32-30-28-26-24-22-20-18-16-14-12-10-8-2)61-109-115(105,106)108-54-53-97(3,4)59-65-58-96(95-94-65)66-42-49-72-71(56-66)81(102)114-84(72)73-48-41-64(93-82(103)111-67-43-35-62(36-44-67)39-51-77(98)85(87,88)89)55-75(73)116(5,6)76-57-69(47-50-74(76)84)113-83(104)112-68-45-37-63(38-46-68)40-52-78(99)86(90,91)92/h35-38,41-50,55-58,70H,7-34,39-40,51-54,59-61H2,1-6H3,(H-,93,103,105,106). The van der Waals surface area contributed by atoms with E-state index in [-0.39, 0.29) is 78.4 Å². The monoisotopic (exact) mass is 1660 g/mol. The average molecular weight is 1660 g/mol. The second-order valence-electron chi connectivity index (χ2n) is 31.3. The van der Waals surface area contributed by atoms with Crippen molar-refractivity contribution in [3.05, 3.63) is 148 Å². The molecule has 5 aromatic carbocycles. The van der Waals surface area contributed by atoms with Crippen molar-refractivity contribution in [2.75, 3.05) is 45.8 Å². The van der Waals surface area contributed by atoms with Crippen molar-refractivity contribution < 1.29 is 111 Å². The van der Waals surface area contributed by atoms with Gasteiger partial charge in [0.25, 0.3) is 7.82 Å². The fraction of sp³-hybridized carbons (Fsp3) is 0.547. The molecule has 1 amide bonds. The molecule has 0 bridgehead atoms. The Labute approximate surface area is 676 Å². The molecule has 3 heterocycles. The fourth-order valence-electron chi connectivity index (χ4n) is 14.5. The number of anilines is 1. The number of Topliss-reactive ketones (excluding diaryl/α,β-unsaturated/α-hetero) is 2. The Morgan fingerprint density at radius 2 is 1.03 bits per heavy atom. The summed E-state index contributed by atoms with van der Waals surface area (Å²) < 4.78 is 137. The van der Waals surface area contributed by atoms with Gasteiger partial charge in [-0.05, 0) is 108 Å². The van der Waals surface area contributed by atoms with Crippen molar-refractivity contribution in [2.24, 2.45) is 0 Å². The zero-order valence-electron chi connectivity index (χ0n) is 67.6. The summed E-state index contributed by atoms with van der Waals surface area (Å²) >= 11 is 0. The molecule has 2 aliphatic heterocycles. The highest BCUT2D eigenvalue weighted by molar-refractivity contribution is 7.45. The minimum absolute atomic E-state index is 0.0112. The Morgan fingerprint density at radius 1 is 0.569 bits per heavy atom. The van der Waals surface area contributed by atoms with Gasteiger partial charge in [0.1, 0.15) is 57.3 Å². The number of likely N-dealkylation sites (N-methyl/N-ethyl adjacent to an activating group) is 1. The topological polar surface area (TPSA) is 276 Å². The lowest BCUT2D eigenvalue weighted by Gasteiger charge is -2.43. The first-order valence-corrected chi connectivity index (χ1v) is 45.4. The number of aromatic nitrogens is 3. The maximum atomic E-state index is 14.6. The van der Waals surface area contributed by atoms with Crippen molar-refractivity contribution >= 4 is 73.7 Å². The van der Waals surface area contributed by atoms with Gasteiger partial charge in [-0.15, -0.1) is 5.10 Å². The van der Waals surface area contributed by atoms with Crippen LogP contribution in [0.2, 0.25) is 13.1 Å². The van der Waals surface area contributed by atoms with E-state index in [1.807, 2.05) is 27.2 Å². The molecule has 3 unspecified atom stereocenters. The van der Waals surface area contributed by atoms with Gasteiger partial charge in [0.2, 0.25) is 11.6 Å². The van der Waals surface area contributed by atoms with Crippen LogP contribution < -0.4 is 34.8 Å². The lowest BCUT2D eigenvalue weighted by Crippen LogP contribution is -2.63. The van der Waals surface area contributed by atoms with E-state index < -0.39 is 108 Å². The first-order valence-electron chi connectivity index (χ1n) is 40.9. The third-order valence-electron chi connectivity index (χ3n) is 21.0. The summed E-state index contributed by atoms with van der Waals surface area (Å²) in [5.41, 5.74) is 1.89. The van der Waals surface area contributed by atoms with E-state index in [1.165, 1.54) is 168 Å². The molecule has 0 radical (unpaired) electrons. The number of carbonyl (C=O) groups is 7. The van der Waals surface area contributed by atoms with E-state index in [9.17, 15) is 69.4 Å². The Bertz CT molecular complexity index is 4130. The van der Waals surface area contributed by atoms with Gasteiger partial charge in [-0.3, -0.25) is 29.1 Å². The number of carbonyl (C=O) groups excluding carboxylic acids is 7. The molecule has 1 aromatic heterocycles. The molecule has 3 atom stereocenters. The van der Waals surface area contributed by atoms with E-state index in [0.717, 1.165) is 44.9 Å². The molecule has 8 rings (SSSR count). The summed E-state index contributed by atoms with van der Waals surface area (Å²) in [5, 5.41) is 12.8. The van der Waals surface area contributed by atoms with Crippen LogP contribution in [-0.2, 0) is 72.0 Å². The van der Waals surface area contributed by atoms with Crippen LogP contribution in [0.15, 0.2) is 109 Å². The number of benzene rings is 5. The number of unbranched alkanes of at least 4 members (excludes halogenated alkanes) is 24. The van der Waals surface area contributed by atoms with Crippen LogP contribution in [0.25, 0.3) is 5.69 Å². The number of ether oxygens (including phenoxy) is 6. The van der Waals surface area contributed by atoms with Crippen LogP contribution in [0.4, 0.5) is 41.6 Å². The first kappa shape index (κ1) is 92.9. The number of hydrogen-bond donors (Lipinski definition) is 1. The quantitative estimate of drug-likeness (QED) is 0.00543. The molecular weight excluding hydrogens is 1550 g/mol. The molecule has 22 nitrogen and oxygen atoms in total. The molecule has 0 fully saturated rings. The third-order valence-corrected chi connectivity index (χ3v) is 25.5. The number of nitrogens with zero attached hydrogens (tertiary/aromatic N) is 4. The lowest BCUT2D eigenvalue weighted by molar-refractivity contribution is -0.904. The largest absolute Gasteiger partial charge is 0.756 e. The molecule has 116 heavy (non-hydrogen) atoms. The van der Waals surface area contributed by atoms with Crippen molar-refractivity contribution in [2.45, 2.75) is 263 Å². The molecule has 6 aromatic rings. The van der Waals surface area contributed by atoms with Gasteiger partial charge in [-0.2, -0.15) is 26.3 Å². The summed E-state index contributed by atoms with van der Waals surface area (Å²) in [6.45, 7) is 7.44. The normalized spacial score (nSPS) is 15.0. The number of nitrogens with one attached hydrogen (secondary N) is 1. The molecule has 1 N–H and O–H groups in total. The van der Waals surface area contributed by atoms with Crippen LogP contribution >= 0.6 is 7.82 Å². The summed E-state index contributed by atoms with van der Waals surface area (Å²) in [6.07, 6.45) is 16.5. The van der Waals surface area contributed by atoms with E-state index in [0.29, 0.717) is 62.4 Å². The number of aryl methyl sites for hydroxylation is 2. The molecular formula is C86H112F6N5O17PSi. The summed E-state index contributed by atoms with van der Waals surface area (Å²) in [4.78, 5) is 104. The number of amides is 1. The minimum atomic E-state index is -5.01. The molecule has 1 spiro atoms. The smallest absolute Gasteiger partial charge is 0.519 e. The van der Waals surface area contributed by atoms with E-state index in [2.05, 4.69) is 29.5 Å². The SMILES string of the molecule is CCCCCCCCCCCCCCCC(=O)OCC(COP(=O)([O-])OCC[N+](C)(C)Cc1cn(-c2ccc3c(c2)C(=O)OC32c3ccc(NC(=O)Oc4ccc(CCC(=O)C(F)(F)F)cc4)cc3[Si](C)(C)c3cc(OC(=O)Oc4ccc(CCC(=O)C(F)(F)F)cc4)ccc32)nn1)OC(=O)CCCCCCCCCCCCCCC. The van der Waals surface area contributed by atoms with Crippen LogP contribution in [-0.4, -0.2) is 128 Å². The van der Waals surface area contributed by atoms with Gasteiger partial charge in [0.05, 0.1) is 38.1 Å². The third kappa shape index (κ3) is 29.2. The van der Waals surface area contributed by atoms with Crippen molar-refractivity contribution in [3.63, 3.8) is 0 Å². The highest BCUT2D eigenvalue weighted by Crippen LogP contribution is 2.50. The summed E-state index contributed by atoms with van der Waals surface area (Å²) in [7, 11) is -4.45. The number of esters is 3. The second-order valence-corrected chi connectivity index (χ2v) is 37.1. The van der Waals surface area contributed by atoms with Crippen molar-refractivity contribution in [3.8, 4) is 22.9 Å². The highest BCUT2D eigenvalue weighted by atomic mass is 31.2. The number of fused-ring (bicyclic) bond motifs is 6. The molecule has 2 aliphatic rings. The van der Waals surface area contributed by atoms with Gasteiger partial charge >= 0.3 is 42.5 Å². The van der Waals surface area contributed by atoms with Gasteiger partial charge in [-0.25, -0.2) is 19.1 Å². The zero-order valence-corrected chi connectivity index (χ0v) is 69.5. The number of hydrogen-bond acceptors (Lipinski definition) is 19. The van der Waals surface area contributed by atoms with Crippen LogP contribution in [0.3, 0.4) is 0 Å². The maximum Gasteiger partial charge on any atom is 0.519 e. The van der Waals surface area contributed by atoms with E-state index in [1.54, 1.807) is 54.7 Å². The van der Waals surface area contributed by atoms with Crippen LogP contribution in [0, 0.1) is 0 Å². The number of halogens is 6. The second kappa shape index (κ2) is 44.8. The Morgan fingerprint density at radius 3 is 1.56 bits per heavy atom. The van der Waals surface area contributed by atoms with Crippen LogP contribution in [0.1, 0.15) is 250 Å². The molecule has 634 valence electrons. The number of ketones is 2. The molecule has 0 saturated heterocycles. The van der Waals surface area contributed by atoms with Crippen molar-refractivity contribution in [1.29, 1.82) is 0 Å².